The molecule has 3 rings (SSSR count). The number of rotatable bonds is 3. The van der Waals surface area contributed by atoms with Gasteiger partial charge in [-0.1, -0.05) is 12.1 Å². The normalized spacial score (nSPS) is 10.8. The molecule has 0 saturated heterocycles. The molecule has 0 amide bonds. The maximum Gasteiger partial charge on any atom is 0.131 e. The van der Waals surface area contributed by atoms with Gasteiger partial charge in [-0.15, -0.1) is 0 Å². The van der Waals surface area contributed by atoms with Gasteiger partial charge in [-0.25, -0.2) is 8.78 Å². The van der Waals surface area contributed by atoms with E-state index in [0.717, 1.165) is 22.7 Å². The van der Waals surface area contributed by atoms with Crippen LogP contribution in [0.4, 0.5) is 14.5 Å². The number of nitrogens with zero attached hydrogens (tertiary/aromatic N) is 1. The molecule has 96 valence electrons. The molecule has 5 heteroatoms. The summed E-state index contributed by atoms with van der Waals surface area (Å²) in [7, 11) is 0. The van der Waals surface area contributed by atoms with E-state index in [9.17, 15) is 8.78 Å². The van der Waals surface area contributed by atoms with Crippen LogP contribution in [0, 0.1) is 11.6 Å². The summed E-state index contributed by atoms with van der Waals surface area (Å²) in [6, 6.07) is 9.25. The van der Waals surface area contributed by atoms with Crippen molar-refractivity contribution in [1.29, 1.82) is 0 Å². The van der Waals surface area contributed by atoms with Crippen LogP contribution in [0.2, 0.25) is 0 Å². The molecule has 0 aliphatic carbocycles. The van der Waals surface area contributed by atoms with Crippen LogP contribution in [0.1, 0.15) is 5.56 Å². The largest absolute Gasteiger partial charge is 0.380 e. The number of H-pyrrole nitrogens is 1. The van der Waals surface area contributed by atoms with Crippen molar-refractivity contribution < 1.29 is 8.78 Å². The van der Waals surface area contributed by atoms with Crippen LogP contribution in [-0.2, 0) is 6.54 Å². The number of nitrogens with one attached hydrogen (secondary N) is 2. The fraction of sp³-hybridized carbons (Fsp3) is 0.0714. The highest BCUT2D eigenvalue weighted by atomic mass is 19.1. The summed E-state index contributed by atoms with van der Waals surface area (Å²) in [6.45, 7) is 0.288. The number of benzene rings is 2. The maximum absolute atomic E-state index is 13.5. The van der Waals surface area contributed by atoms with Crippen molar-refractivity contribution in [2.24, 2.45) is 0 Å². The Morgan fingerprint density at radius 3 is 2.89 bits per heavy atom. The number of aromatic amines is 1. The van der Waals surface area contributed by atoms with Crippen LogP contribution in [-0.4, -0.2) is 10.2 Å². The van der Waals surface area contributed by atoms with Gasteiger partial charge >= 0.3 is 0 Å². The molecule has 0 aliphatic rings. The van der Waals surface area contributed by atoms with Gasteiger partial charge in [0, 0.05) is 29.2 Å². The summed E-state index contributed by atoms with van der Waals surface area (Å²) in [5.41, 5.74) is 2.18. The Balaban J connectivity index is 1.84. The average molecular weight is 259 g/mol. The summed E-state index contributed by atoms with van der Waals surface area (Å²) in [5.74, 6) is -1.12. The predicted molar refractivity (Wildman–Crippen MR) is 69.8 cm³/mol. The van der Waals surface area contributed by atoms with E-state index < -0.39 is 11.6 Å². The van der Waals surface area contributed by atoms with Gasteiger partial charge in [0.1, 0.15) is 11.6 Å². The minimum atomic E-state index is -0.571. The minimum Gasteiger partial charge on any atom is -0.380 e. The van der Waals surface area contributed by atoms with Gasteiger partial charge in [-0.05, 0) is 18.2 Å². The monoisotopic (exact) mass is 259 g/mol. The molecule has 3 nitrogen and oxygen atoms in total. The molecule has 0 radical (unpaired) electrons. The van der Waals surface area contributed by atoms with Gasteiger partial charge in [0.15, 0.2) is 0 Å². The third kappa shape index (κ3) is 2.27. The van der Waals surface area contributed by atoms with E-state index in [4.69, 9.17) is 0 Å². The second-order valence-corrected chi connectivity index (χ2v) is 4.23. The van der Waals surface area contributed by atoms with Crippen LogP contribution >= 0.6 is 0 Å². The van der Waals surface area contributed by atoms with Crippen molar-refractivity contribution in [2.45, 2.75) is 6.54 Å². The molecule has 1 aromatic heterocycles. The number of anilines is 1. The second-order valence-electron chi connectivity index (χ2n) is 4.23. The summed E-state index contributed by atoms with van der Waals surface area (Å²) in [6.07, 6.45) is 1.71. The third-order valence-corrected chi connectivity index (χ3v) is 2.97. The molecule has 0 saturated carbocycles. The fourth-order valence-corrected chi connectivity index (χ4v) is 1.98. The molecule has 1 heterocycles. The molecular formula is C14H11F2N3. The first-order valence-corrected chi connectivity index (χ1v) is 5.84. The zero-order valence-electron chi connectivity index (χ0n) is 9.95. The van der Waals surface area contributed by atoms with Gasteiger partial charge in [0.05, 0.1) is 11.7 Å². The smallest absolute Gasteiger partial charge is 0.131 e. The summed E-state index contributed by atoms with van der Waals surface area (Å²) < 4.78 is 26.3. The zero-order valence-corrected chi connectivity index (χ0v) is 9.95. The molecule has 0 atom stereocenters. The standard InChI is InChI=1S/C14H11F2N3/c15-10-5-4-9(12(16)6-10)7-17-13-2-1-3-14-11(13)8-18-19-14/h1-6,8,17H,7H2,(H,18,19). The van der Waals surface area contributed by atoms with Crippen LogP contribution in [0.15, 0.2) is 42.6 Å². The van der Waals surface area contributed by atoms with Crippen molar-refractivity contribution in [3.8, 4) is 0 Å². The van der Waals surface area contributed by atoms with E-state index in [2.05, 4.69) is 15.5 Å². The van der Waals surface area contributed by atoms with Crippen LogP contribution in [0.25, 0.3) is 10.9 Å². The van der Waals surface area contributed by atoms with Crippen LogP contribution in [0.5, 0.6) is 0 Å². The molecule has 0 bridgehead atoms. The topological polar surface area (TPSA) is 40.7 Å². The van der Waals surface area contributed by atoms with Crippen molar-refractivity contribution >= 4 is 16.6 Å². The number of halogens is 2. The molecule has 0 unspecified atom stereocenters. The van der Waals surface area contributed by atoms with E-state index in [0.29, 0.717) is 5.56 Å². The highest BCUT2D eigenvalue weighted by molar-refractivity contribution is 5.90. The molecule has 0 spiro atoms. The van der Waals surface area contributed by atoms with E-state index in [1.165, 1.54) is 12.1 Å². The van der Waals surface area contributed by atoms with E-state index in [1.54, 1.807) is 6.20 Å². The first-order valence-electron chi connectivity index (χ1n) is 5.84. The quantitative estimate of drug-likeness (QED) is 0.756. The first kappa shape index (κ1) is 11.6. The Bertz CT molecular complexity index is 722. The van der Waals surface area contributed by atoms with Crippen molar-refractivity contribution in [1.82, 2.24) is 10.2 Å². The highest BCUT2D eigenvalue weighted by Gasteiger charge is 2.05. The lowest BCUT2D eigenvalue weighted by Crippen LogP contribution is -2.02. The molecule has 0 fully saturated rings. The van der Waals surface area contributed by atoms with Gasteiger partial charge in [0.2, 0.25) is 0 Å². The summed E-state index contributed by atoms with van der Waals surface area (Å²) in [4.78, 5) is 0. The van der Waals surface area contributed by atoms with E-state index >= 15 is 0 Å². The van der Waals surface area contributed by atoms with Crippen molar-refractivity contribution in [2.75, 3.05) is 5.32 Å². The van der Waals surface area contributed by atoms with E-state index in [1.807, 2.05) is 18.2 Å². The zero-order chi connectivity index (χ0) is 13.2. The fourth-order valence-electron chi connectivity index (χ4n) is 1.98. The van der Waals surface area contributed by atoms with Gasteiger partial charge in [0.25, 0.3) is 0 Å². The Kier molecular flexibility index (Phi) is 2.87. The Morgan fingerprint density at radius 1 is 1.16 bits per heavy atom. The number of aromatic nitrogens is 2. The highest BCUT2D eigenvalue weighted by Crippen LogP contribution is 2.22. The van der Waals surface area contributed by atoms with Crippen molar-refractivity contribution in [3.05, 3.63) is 59.8 Å². The third-order valence-electron chi connectivity index (χ3n) is 2.97. The molecule has 19 heavy (non-hydrogen) atoms. The Hall–Kier alpha value is -2.43. The predicted octanol–water partition coefficient (Wildman–Crippen LogP) is 3.45. The van der Waals surface area contributed by atoms with Crippen LogP contribution in [0.3, 0.4) is 0 Å². The minimum absolute atomic E-state index is 0.288. The lowest BCUT2D eigenvalue weighted by molar-refractivity contribution is 0.574. The molecular weight excluding hydrogens is 248 g/mol. The van der Waals surface area contributed by atoms with Gasteiger partial charge in [-0.3, -0.25) is 5.10 Å². The second kappa shape index (κ2) is 4.68. The summed E-state index contributed by atoms with van der Waals surface area (Å²) in [5, 5.41) is 10.9. The molecule has 3 aromatic rings. The molecule has 2 N–H and O–H groups in total. The SMILES string of the molecule is Fc1ccc(CNc2cccc3[nH]ncc23)c(F)c1. The number of hydrogen-bond donors (Lipinski definition) is 2. The maximum atomic E-state index is 13.5. The lowest BCUT2D eigenvalue weighted by atomic mass is 10.2. The number of fused-ring (bicyclic) bond motifs is 1. The van der Waals surface area contributed by atoms with Gasteiger partial charge in [-0.2, -0.15) is 5.10 Å². The first-order chi connectivity index (χ1) is 9.24. The molecule has 2 aromatic carbocycles. The summed E-state index contributed by atoms with van der Waals surface area (Å²) >= 11 is 0. The number of hydrogen-bond acceptors (Lipinski definition) is 2. The Morgan fingerprint density at radius 2 is 2.05 bits per heavy atom. The van der Waals surface area contributed by atoms with Crippen LogP contribution < -0.4 is 5.32 Å². The van der Waals surface area contributed by atoms with Crippen molar-refractivity contribution in [3.63, 3.8) is 0 Å². The molecule has 0 aliphatic heterocycles. The van der Waals surface area contributed by atoms with E-state index in [-0.39, 0.29) is 6.54 Å². The lowest BCUT2D eigenvalue weighted by Gasteiger charge is -2.08. The average Bonchev–Trinajstić information content (AvgIpc) is 2.86. The Labute approximate surface area is 108 Å². The van der Waals surface area contributed by atoms with Gasteiger partial charge < -0.3 is 5.32 Å².